The van der Waals surface area contributed by atoms with Crippen molar-refractivity contribution in [2.75, 3.05) is 0 Å². The number of nitrogens with zero attached hydrogens (tertiary/aromatic N) is 4. The van der Waals surface area contributed by atoms with Crippen LogP contribution in [0.25, 0.3) is 11.1 Å². The van der Waals surface area contributed by atoms with Gasteiger partial charge in [0.15, 0.2) is 6.61 Å². The van der Waals surface area contributed by atoms with Crippen molar-refractivity contribution in [3.63, 3.8) is 0 Å². The van der Waals surface area contributed by atoms with Gasteiger partial charge >= 0.3 is 0 Å². The van der Waals surface area contributed by atoms with Gasteiger partial charge in [-0.15, -0.1) is 10.2 Å². The Morgan fingerprint density at radius 3 is 2.69 bits per heavy atom. The first kappa shape index (κ1) is 18.8. The molecule has 146 valence electrons. The first-order chi connectivity index (χ1) is 14.1. The van der Waals surface area contributed by atoms with Crippen LogP contribution in [0, 0.1) is 5.82 Å². The Balaban J connectivity index is 1.54. The highest BCUT2D eigenvalue weighted by molar-refractivity contribution is 6.30. The summed E-state index contributed by atoms with van der Waals surface area (Å²) in [6, 6.07) is 15.0. The number of halogens is 2. The maximum absolute atomic E-state index is 14.1. The van der Waals surface area contributed by atoms with Gasteiger partial charge in [0, 0.05) is 22.3 Å². The molecule has 0 atom stereocenters. The molecule has 7 nitrogen and oxygen atoms in total. The second-order valence-corrected chi connectivity index (χ2v) is 6.67. The number of aromatic amines is 1. The largest absolute Gasteiger partial charge is 0.485 e. The molecule has 0 bridgehead atoms. The monoisotopic (exact) mass is 411 g/mol. The summed E-state index contributed by atoms with van der Waals surface area (Å²) in [6.07, 6.45) is 1.63. The second kappa shape index (κ2) is 8.24. The summed E-state index contributed by atoms with van der Waals surface area (Å²) in [4.78, 5) is 12.9. The number of ether oxygens (including phenoxy) is 1. The lowest BCUT2D eigenvalue weighted by Crippen LogP contribution is -2.21. The van der Waals surface area contributed by atoms with Gasteiger partial charge in [-0.2, -0.15) is 5.21 Å². The van der Waals surface area contributed by atoms with Crippen LogP contribution in [-0.4, -0.2) is 25.2 Å². The number of benzene rings is 2. The van der Waals surface area contributed by atoms with Crippen LogP contribution in [0.3, 0.4) is 0 Å². The van der Waals surface area contributed by atoms with Crippen LogP contribution in [0.2, 0.25) is 5.02 Å². The molecule has 0 amide bonds. The van der Waals surface area contributed by atoms with Crippen LogP contribution in [0.15, 0.2) is 65.6 Å². The van der Waals surface area contributed by atoms with E-state index < -0.39 is 5.82 Å². The minimum atomic E-state index is -0.446. The highest BCUT2D eigenvalue weighted by atomic mass is 35.5. The molecule has 2 aromatic heterocycles. The number of pyridine rings is 1. The molecule has 4 aromatic rings. The van der Waals surface area contributed by atoms with E-state index >= 15 is 0 Å². The van der Waals surface area contributed by atoms with Crippen LogP contribution in [0.1, 0.15) is 11.4 Å². The van der Waals surface area contributed by atoms with Crippen molar-refractivity contribution >= 4 is 11.6 Å². The maximum Gasteiger partial charge on any atom is 0.258 e. The van der Waals surface area contributed by atoms with Gasteiger partial charge in [-0.3, -0.25) is 4.79 Å². The Labute approximate surface area is 169 Å². The van der Waals surface area contributed by atoms with E-state index in [1.165, 1.54) is 10.6 Å². The number of H-pyrrole nitrogens is 1. The predicted octanol–water partition coefficient (Wildman–Crippen LogP) is 3.45. The summed E-state index contributed by atoms with van der Waals surface area (Å²) in [5.41, 5.74) is 1.40. The molecule has 2 aromatic carbocycles. The summed E-state index contributed by atoms with van der Waals surface area (Å²) in [6.45, 7) is 0.294. The lowest BCUT2D eigenvalue weighted by molar-refractivity contribution is 0.296. The number of hydrogen-bond acceptors (Lipinski definition) is 5. The van der Waals surface area contributed by atoms with E-state index in [4.69, 9.17) is 16.3 Å². The van der Waals surface area contributed by atoms with Gasteiger partial charge in [-0.1, -0.05) is 35.0 Å². The van der Waals surface area contributed by atoms with Crippen molar-refractivity contribution in [2.45, 2.75) is 13.2 Å². The van der Waals surface area contributed by atoms with Gasteiger partial charge < -0.3 is 9.30 Å². The zero-order valence-corrected chi connectivity index (χ0v) is 15.8. The third-order valence-corrected chi connectivity index (χ3v) is 4.53. The van der Waals surface area contributed by atoms with E-state index in [2.05, 4.69) is 20.6 Å². The van der Waals surface area contributed by atoms with Crippen molar-refractivity contribution in [1.82, 2.24) is 25.2 Å². The molecule has 1 N–H and O–H groups in total. The van der Waals surface area contributed by atoms with Crippen LogP contribution in [-0.2, 0) is 13.2 Å². The summed E-state index contributed by atoms with van der Waals surface area (Å²) >= 11 is 5.79. The fraction of sp³-hybridized carbons (Fsp3) is 0.100. The average Bonchev–Trinajstić information content (AvgIpc) is 3.24. The molecule has 9 heteroatoms. The van der Waals surface area contributed by atoms with Gasteiger partial charge in [0.25, 0.3) is 5.56 Å². The molecule has 0 saturated carbocycles. The van der Waals surface area contributed by atoms with Crippen molar-refractivity contribution < 1.29 is 9.13 Å². The van der Waals surface area contributed by atoms with Crippen LogP contribution >= 0.6 is 11.6 Å². The molecule has 0 aliphatic carbocycles. The SMILES string of the molecule is O=c1c(-c2ccc(OCc3nn[nH]n3)cc2)cccn1Cc1ccc(Cl)cc1F. The maximum atomic E-state index is 14.1. The van der Waals surface area contributed by atoms with E-state index in [0.717, 1.165) is 5.56 Å². The fourth-order valence-corrected chi connectivity index (χ4v) is 3.00. The van der Waals surface area contributed by atoms with Crippen LogP contribution < -0.4 is 10.3 Å². The Bertz CT molecular complexity index is 1180. The minimum Gasteiger partial charge on any atom is -0.485 e. The first-order valence-corrected chi connectivity index (χ1v) is 9.07. The van der Waals surface area contributed by atoms with Crippen molar-refractivity contribution in [1.29, 1.82) is 0 Å². The quantitative estimate of drug-likeness (QED) is 0.525. The predicted molar refractivity (Wildman–Crippen MR) is 105 cm³/mol. The highest BCUT2D eigenvalue weighted by Crippen LogP contribution is 2.21. The number of rotatable bonds is 6. The summed E-state index contributed by atoms with van der Waals surface area (Å²) < 4.78 is 21.1. The van der Waals surface area contributed by atoms with Crippen molar-refractivity contribution in [3.05, 3.63) is 93.4 Å². The molecule has 2 heterocycles. The highest BCUT2D eigenvalue weighted by Gasteiger charge is 2.09. The van der Waals surface area contributed by atoms with Gasteiger partial charge in [0.05, 0.1) is 6.54 Å². The average molecular weight is 412 g/mol. The third kappa shape index (κ3) is 4.33. The van der Waals surface area contributed by atoms with E-state index in [-0.39, 0.29) is 18.7 Å². The fourth-order valence-electron chi connectivity index (χ4n) is 2.84. The molecule has 0 unspecified atom stereocenters. The van der Waals surface area contributed by atoms with E-state index in [9.17, 15) is 9.18 Å². The smallest absolute Gasteiger partial charge is 0.258 e. The topological polar surface area (TPSA) is 85.7 Å². The summed E-state index contributed by atoms with van der Waals surface area (Å²) in [7, 11) is 0. The Kier molecular flexibility index (Phi) is 5.35. The Hall–Kier alpha value is -3.52. The molecule has 0 saturated heterocycles. The zero-order valence-electron chi connectivity index (χ0n) is 15.0. The molecule has 0 aliphatic heterocycles. The van der Waals surface area contributed by atoms with E-state index in [1.54, 1.807) is 54.7 Å². The molecular weight excluding hydrogens is 397 g/mol. The lowest BCUT2D eigenvalue weighted by Gasteiger charge is -2.10. The Morgan fingerprint density at radius 2 is 1.97 bits per heavy atom. The molecule has 29 heavy (non-hydrogen) atoms. The molecule has 0 aliphatic rings. The summed E-state index contributed by atoms with van der Waals surface area (Å²) in [5.74, 6) is 0.602. The van der Waals surface area contributed by atoms with Crippen molar-refractivity contribution in [3.8, 4) is 16.9 Å². The molecule has 0 radical (unpaired) electrons. The number of tetrazole rings is 1. The molecule has 0 spiro atoms. The van der Waals surface area contributed by atoms with Crippen LogP contribution in [0.4, 0.5) is 4.39 Å². The number of aromatic nitrogens is 5. The van der Waals surface area contributed by atoms with Gasteiger partial charge in [-0.05, 0) is 42.0 Å². The van der Waals surface area contributed by atoms with Gasteiger partial charge in [-0.25, -0.2) is 4.39 Å². The Morgan fingerprint density at radius 1 is 1.14 bits per heavy atom. The summed E-state index contributed by atoms with van der Waals surface area (Å²) in [5, 5.41) is 13.8. The number of nitrogens with one attached hydrogen (secondary N) is 1. The van der Waals surface area contributed by atoms with Gasteiger partial charge in [0.2, 0.25) is 5.82 Å². The number of hydrogen-bond donors (Lipinski definition) is 1. The molecular formula is C20H15ClFN5O2. The standard InChI is InChI=1S/C20H15ClFN5O2/c21-15-6-3-14(18(22)10-15)11-27-9-1-2-17(20(27)28)13-4-7-16(8-5-13)29-12-19-23-25-26-24-19/h1-10H,11-12H2,(H,23,24,25,26). The molecule has 4 rings (SSSR count). The van der Waals surface area contributed by atoms with Crippen LogP contribution in [0.5, 0.6) is 5.75 Å². The second-order valence-electron chi connectivity index (χ2n) is 6.23. The van der Waals surface area contributed by atoms with Crippen molar-refractivity contribution in [2.24, 2.45) is 0 Å². The zero-order chi connectivity index (χ0) is 20.2. The third-order valence-electron chi connectivity index (χ3n) is 4.30. The van der Waals surface area contributed by atoms with E-state index in [1.807, 2.05) is 0 Å². The lowest BCUT2D eigenvalue weighted by atomic mass is 10.1. The van der Waals surface area contributed by atoms with E-state index in [0.29, 0.717) is 27.7 Å². The minimum absolute atomic E-state index is 0.113. The van der Waals surface area contributed by atoms with Gasteiger partial charge in [0.1, 0.15) is 11.6 Å². The molecule has 0 fully saturated rings. The first-order valence-electron chi connectivity index (χ1n) is 8.69. The normalized spacial score (nSPS) is 10.8.